The summed E-state index contributed by atoms with van der Waals surface area (Å²) < 4.78 is 0. The largest absolute Gasteiger partial charge is 0.396 e. The summed E-state index contributed by atoms with van der Waals surface area (Å²) in [6, 6.07) is 0. The Bertz CT molecular complexity index is 57.1. The van der Waals surface area contributed by atoms with E-state index in [9.17, 15) is 0 Å². The summed E-state index contributed by atoms with van der Waals surface area (Å²) in [5.41, 5.74) is 0. The molecule has 0 radical (unpaired) electrons. The first-order chi connectivity index (χ1) is 6.33. The number of unbranched alkanes of at least 4 members (excludes halogenated alkanes) is 5. The van der Waals surface area contributed by atoms with Crippen molar-refractivity contribution < 1.29 is 10.2 Å². The van der Waals surface area contributed by atoms with Gasteiger partial charge in [-0.2, -0.15) is 0 Å². The zero-order valence-corrected chi connectivity index (χ0v) is 9.26. The van der Waals surface area contributed by atoms with Crippen molar-refractivity contribution in [3.8, 4) is 0 Å². The summed E-state index contributed by atoms with van der Waals surface area (Å²) in [4.78, 5) is 0. The molecule has 0 aliphatic carbocycles. The number of aliphatic hydroxyl groups excluding tert-OH is 2. The van der Waals surface area contributed by atoms with Gasteiger partial charge in [0.25, 0.3) is 0 Å². The van der Waals surface area contributed by atoms with Gasteiger partial charge in [-0.25, -0.2) is 0 Å². The second-order valence-electron chi connectivity index (χ2n) is 3.21. The summed E-state index contributed by atoms with van der Waals surface area (Å²) in [6.45, 7) is 5.00. The van der Waals surface area contributed by atoms with E-state index in [1.165, 1.54) is 25.7 Å². The Labute approximate surface area is 83.0 Å². The molecular formula is C11H26O2. The topological polar surface area (TPSA) is 40.5 Å². The van der Waals surface area contributed by atoms with Crippen molar-refractivity contribution >= 4 is 0 Å². The van der Waals surface area contributed by atoms with E-state index in [4.69, 9.17) is 10.2 Å². The fourth-order valence-corrected chi connectivity index (χ4v) is 0.900. The quantitative estimate of drug-likeness (QED) is 0.606. The number of hydrogen-bond donors (Lipinski definition) is 2. The van der Waals surface area contributed by atoms with Crippen LogP contribution in [0.3, 0.4) is 0 Å². The maximum atomic E-state index is 8.29. The highest BCUT2D eigenvalue weighted by Gasteiger charge is 1.80. The molecule has 82 valence electrons. The van der Waals surface area contributed by atoms with Gasteiger partial charge >= 0.3 is 0 Å². The fourth-order valence-electron chi connectivity index (χ4n) is 0.900. The first-order valence-corrected chi connectivity index (χ1v) is 5.55. The molecule has 0 saturated heterocycles. The Morgan fingerprint density at radius 2 is 1.00 bits per heavy atom. The predicted octanol–water partition coefficient (Wildman–Crippen LogP) is 2.73. The van der Waals surface area contributed by atoms with E-state index < -0.39 is 0 Å². The SMILES string of the molecule is CCCCCCO.CCCCCO. The van der Waals surface area contributed by atoms with Gasteiger partial charge < -0.3 is 10.2 Å². The Balaban J connectivity index is 0. The standard InChI is InChI=1S/C6H14O.C5H12O/c1-2-3-4-5-6-7;1-2-3-4-5-6/h7H,2-6H2,1H3;6H,2-5H2,1H3. The van der Waals surface area contributed by atoms with Crippen LogP contribution in [0.2, 0.25) is 0 Å². The molecule has 0 amide bonds. The second-order valence-corrected chi connectivity index (χ2v) is 3.21. The minimum Gasteiger partial charge on any atom is -0.396 e. The van der Waals surface area contributed by atoms with Gasteiger partial charge in [0.05, 0.1) is 0 Å². The maximum absolute atomic E-state index is 8.29. The van der Waals surface area contributed by atoms with Gasteiger partial charge in [0.2, 0.25) is 0 Å². The fraction of sp³-hybridized carbons (Fsp3) is 1.00. The lowest BCUT2D eigenvalue weighted by Crippen LogP contribution is -1.80. The molecule has 0 saturated carbocycles. The maximum Gasteiger partial charge on any atom is 0.0431 e. The third-order valence-electron chi connectivity index (χ3n) is 1.77. The van der Waals surface area contributed by atoms with Gasteiger partial charge in [-0.05, 0) is 12.8 Å². The Kier molecular flexibility index (Phi) is 21.2. The van der Waals surface area contributed by atoms with Crippen LogP contribution in [0.25, 0.3) is 0 Å². The lowest BCUT2D eigenvalue weighted by atomic mass is 10.2. The zero-order valence-electron chi connectivity index (χ0n) is 9.26. The molecule has 0 aliphatic heterocycles. The zero-order chi connectivity index (χ0) is 10.4. The summed E-state index contributed by atoms with van der Waals surface area (Å²) in [5, 5.41) is 16.5. The lowest BCUT2D eigenvalue weighted by Gasteiger charge is -1.90. The molecule has 2 nitrogen and oxygen atoms in total. The molecule has 2 heteroatoms. The van der Waals surface area contributed by atoms with Crippen LogP contribution in [-0.2, 0) is 0 Å². The molecular weight excluding hydrogens is 164 g/mol. The van der Waals surface area contributed by atoms with Crippen molar-refractivity contribution in [2.45, 2.75) is 58.8 Å². The summed E-state index contributed by atoms with van der Waals surface area (Å²) in [6.07, 6.45) is 8.01. The van der Waals surface area contributed by atoms with Crippen LogP contribution in [0.5, 0.6) is 0 Å². The average molecular weight is 190 g/mol. The van der Waals surface area contributed by atoms with E-state index in [0.29, 0.717) is 13.2 Å². The highest BCUT2D eigenvalue weighted by molar-refractivity contribution is 4.35. The van der Waals surface area contributed by atoms with Crippen LogP contribution in [-0.4, -0.2) is 23.4 Å². The van der Waals surface area contributed by atoms with Gasteiger partial charge in [0.1, 0.15) is 0 Å². The molecule has 0 spiro atoms. The molecule has 0 rings (SSSR count). The van der Waals surface area contributed by atoms with E-state index >= 15 is 0 Å². The average Bonchev–Trinajstić information content (AvgIpc) is 2.17. The number of aliphatic hydroxyl groups is 2. The Morgan fingerprint density at radius 3 is 1.31 bits per heavy atom. The molecule has 0 aromatic rings. The third-order valence-corrected chi connectivity index (χ3v) is 1.77. The highest BCUT2D eigenvalue weighted by Crippen LogP contribution is 1.96. The minimum absolute atomic E-state index is 0.355. The first kappa shape index (κ1) is 15.4. The molecule has 0 aromatic heterocycles. The van der Waals surface area contributed by atoms with Crippen molar-refractivity contribution in [1.29, 1.82) is 0 Å². The molecule has 0 aromatic carbocycles. The van der Waals surface area contributed by atoms with Gasteiger partial charge in [-0.3, -0.25) is 0 Å². The molecule has 0 fully saturated rings. The van der Waals surface area contributed by atoms with Crippen molar-refractivity contribution in [2.24, 2.45) is 0 Å². The van der Waals surface area contributed by atoms with Crippen LogP contribution in [0.4, 0.5) is 0 Å². The highest BCUT2D eigenvalue weighted by atomic mass is 16.3. The monoisotopic (exact) mass is 190 g/mol. The smallest absolute Gasteiger partial charge is 0.0431 e. The summed E-state index contributed by atoms with van der Waals surface area (Å²) >= 11 is 0. The van der Waals surface area contributed by atoms with Crippen molar-refractivity contribution in [1.82, 2.24) is 0 Å². The molecule has 0 heterocycles. The van der Waals surface area contributed by atoms with E-state index in [2.05, 4.69) is 13.8 Å². The van der Waals surface area contributed by atoms with Gasteiger partial charge in [0, 0.05) is 13.2 Å². The molecule has 13 heavy (non-hydrogen) atoms. The molecule has 0 atom stereocenters. The van der Waals surface area contributed by atoms with E-state index in [1.807, 2.05) is 0 Å². The van der Waals surface area contributed by atoms with Crippen LogP contribution < -0.4 is 0 Å². The summed E-state index contributed by atoms with van der Waals surface area (Å²) in [5.74, 6) is 0. The molecule has 0 bridgehead atoms. The van der Waals surface area contributed by atoms with Crippen molar-refractivity contribution in [3.63, 3.8) is 0 Å². The van der Waals surface area contributed by atoms with Crippen molar-refractivity contribution in [2.75, 3.05) is 13.2 Å². The van der Waals surface area contributed by atoms with Crippen LogP contribution in [0, 0.1) is 0 Å². The lowest BCUT2D eigenvalue weighted by molar-refractivity contribution is 0.283. The molecule has 2 N–H and O–H groups in total. The Morgan fingerprint density at radius 1 is 0.615 bits per heavy atom. The second kappa shape index (κ2) is 17.9. The van der Waals surface area contributed by atoms with Crippen molar-refractivity contribution in [3.05, 3.63) is 0 Å². The molecule has 0 unspecified atom stereocenters. The Hall–Kier alpha value is -0.0800. The number of hydrogen-bond acceptors (Lipinski definition) is 2. The van der Waals surface area contributed by atoms with Crippen LogP contribution >= 0.6 is 0 Å². The third kappa shape index (κ3) is 24.5. The van der Waals surface area contributed by atoms with Gasteiger partial charge in [-0.15, -0.1) is 0 Å². The number of rotatable bonds is 7. The van der Waals surface area contributed by atoms with E-state index in [-0.39, 0.29) is 0 Å². The van der Waals surface area contributed by atoms with E-state index in [1.54, 1.807) is 0 Å². The van der Waals surface area contributed by atoms with Crippen LogP contribution in [0.1, 0.15) is 58.8 Å². The molecule has 0 aliphatic rings. The van der Waals surface area contributed by atoms with Gasteiger partial charge in [-0.1, -0.05) is 46.0 Å². The minimum atomic E-state index is 0.355. The summed E-state index contributed by atoms with van der Waals surface area (Å²) in [7, 11) is 0. The van der Waals surface area contributed by atoms with E-state index in [0.717, 1.165) is 19.3 Å². The predicted molar refractivity (Wildman–Crippen MR) is 57.8 cm³/mol. The normalized spacial score (nSPS) is 9.23. The van der Waals surface area contributed by atoms with Gasteiger partial charge in [0.15, 0.2) is 0 Å². The first-order valence-electron chi connectivity index (χ1n) is 5.55. The van der Waals surface area contributed by atoms with Crippen LogP contribution in [0.15, 0.2) is 0 Å².